The van der Waals surface area contributed by atoms with Crippen molar-refractivity contribution in [3.8, 4) is 11.5 Å². The largest absolute Gasteiger partial charge is 0.483 e. The van der Waals surface area contributed by atoms with Gasteiger partial charge in [0, 0.05) is 12.3 Å². The molecule has 0 saturated heterocycles. The molecule has 0 radical (unpaired) electrons. The Bertz CT molecular complexity index is 1160. The predicted octanol–water partition coefficient (Wildman–Crippen LogP) is 4.35. The van der Waals surface area contributed by atoms with E-state index in [1.54, 1.807) is 18.3 Å². The predicted molar refractivity (Wildman–Crippen MR) is 110 cm³/mol. The molecule has 2 aromatic heterocycles. The summed E-state index contributed by atoms with van der Waals surface area (Å²) in [6.45, 7) is 5.71. The Morgan fingerprint density at radius 1 is 1.17 bits per heavy atom. The second-order valence-electron chi connectivity index (χ2n) is 6.55. The summed E-state index contributed by atoms with van der Waals surface area (Å²) in [6, 6.07) is 6.79. The number of nitrogens with two attached hydrogens (primary N) is 2. The molecule has 0 saturated carbocycles. The van der Waals surface area contributed by atoms with Gasteiger partial charge in [0.1, 0.15) is 11.5 Å². The van der Waals surface area contributed by atoms with Gasteiger partial charge in [-0.2, -0.15) is 13.2 Å². The molecule has 1 aromatic carbocycles. The summed E-state index contributed by atoms with van der Waals surface area (Å²) in [5, 5.41) is 0. The third-order valence-electron chi connectivity index (χ3n) is 4.38. The van der Waals surface area contributed by atoms with Gasteiger partial charge in [0.25, 0.3) is 0 Å². The van der Waals surface area contributed by atoms with E-state index in [1.807, 2.05) is 6.92 Å². The number of hydrogen-bond acceptors (Lipinski definition) is 5. The van der Waals surface area contributed by atoms with Crippen molar-refractivity contribution in [1.82, 2.24) is 14.5 Å². The first-order chi connectivity index (χ1) is 14.1. The fourth-order valence-electron chi connectivity index (χ4n) is 2.78. The van der Waals surface area contributed by atoms with E-state index in [1.165, 1.54) is 29.9 Å². The monoisotopic (exact) mass is 415 g/mol. The number of aromatic nitrogens is 3. The molecule has 0 aliphatic rings. The number of allylic oxidation sites excluding steroid dienone is 3. The third-order valence-corrected chi connectivity index (χ3v) is 4.38. The van der Waals surface area contributed by atoms with Crippen LogP contribution in [-0.4, -0.2) is 21.6 Å². The number of imidazole rings is 1. The highest BCUT2D eigenvalue weighted by molar-refractivity contribution is 5.85. The number of methoxy groups -OCH3 is 1. The second kappa shape index (κ2) is 7.94. The summed E-state index contributed by atoms with van der Waals surface area (Å²) in [5.74, 6) is 0.584. The molecule has 0 unspecified atom stereocenters. The molecular weight excluding hydrogens is 395 g/mol. The van der Waals surface area contributed by atoms with E-state index in [0.717, 1.165) is 23.3 Å². The highest BCUT2D eigenvalue weighted by atomic mass is 19.4. The Morgan fingerprint density at radius 2 is 1.90 bits per heavy atom. The van der Waals surface area contributed by atoms with Gasteiger partial charge in [0.15, 0.2) is 11.7 Å². The smallest absolute Gasteiger partial charge is 0.416 e. The number of fused-ring (bicyclic) bond motifs is 1. The van der Waals surface area contributed by atoms with Gasteiger partial charge in [-0.05, 0) is 48.4 Å². The fourth-order valence-corrected chi connectivity index (χ4v) is 2.78. The molecule has 3 aromatic rings. The van der Waals surface area contributed by atoms with Gasteiger partial charge in [0.2, 0.25) is 0 Å². The highest BCUT2D eigenvalue weighted by Gasteiger charge is 2.31. The van der Waals surface area contributed by atoms with Crippen molar-refractivity contribution in [2.24, 2.45) is 11.5 Å². The molecule has 0 fully saturated rings. The van der Waals surface area contributed by atoms with E-state index in [9.17, 15) is 13.2 Å². The number of nitrogens with zero attached hydrogens (tertiary/aromatic N) is 3. The van der Waals surface area contributed by atoms with Crippen LogP contribution in [0.15, 0.2) is 61.1 Å². The van der Waals surface area contributed by atoms with Crippen LogP contribution < -0.4 is 11.5 Å². The molecule has 3 rings (SSSR count). The molecule has 0 spiro atoms. The molecule has 0 amide bonds. The third kappa shape index (κ3) is 4.14. The Balaban J connectivity index is 2.24. The second-order valence-corrected chi connectivity index (χ2v) is 6.55. The van der Waals surface area contributed by atoms with Crippen molar-refractivity contribution < 1.29 is 17.9 Å². The SMILES string of the molecule is C=C(C)c1ccc(-c2nc3cc(C(F)(F)F)ccc3n2/C(N)=C/C=C(\N)OC)nc1. The first-order valence-electron chi connectivity index (χ1n) is 8.81. The van der Waals surface area contributed by atoms with Gasteiger partial charge in [0.05, 0.1) is 23.7 Å². The lowest BCUT2D eigenvalue weighted by molar-refractivity contribution is -0.137. The van der Waals surface area contributed by atoms with Crippen LogP contribution in [0.3, 0.4) is 0 Å². The number of rotatable bonds is 5. The van der Waals surface area contributed by atoms with Crippen LogP contribution in [0, 0.1) is 0 Å². The number of pyridine rings is 1. The van der Waals surface area contributed by atoms with Crippen LogP contribution >= 0.6 is 0 Å². The van der Waals surface area contributed by atoms with Gasteiger partial charge in [-0.25, -0.2) is 4.98 Å². The summed E-state index contributed by atoms with van der Waals surface area (Å²) in [5.41, 5.74) is 13.6. The highest BCUT2D eigenvalue weighted by Crippen LogP contribution is 2.33. The summed E-state index contributed by atoms with van der Waals surface area (Å²) in [6.07, 6.45) is 0.0395. The van der Waals surface area contributed by atoms with Crippen molar-refractivity contribution in [3.05, 3.63) is 72.3 Å². The molecule has 6 nitrogen and oxygen atoms in total. The van der Waals surface area contributed by atoms with Gasteiger partial charge < -0.3 is 16.2 Å². The van der Waals surface area contributed by atoms with Gasteiger partial charge in [-0.15, -0.1) is 0 Å². The van der Waals surface area contributed by atoms with Crippen molar-refractivity contribution in [2.75, 3.05) is 7.11 Å². The van der Waals surface area contributed by atoms with Crippen LogP contribution in [0.25, 0.3) is 33.9 Å². The van der Waals surface area contributed by atoms with Gasteiger partial charge in [-0.1, -0.05) is 12.6 Å². The fraction of sp³-hybridized carbons (Fsp3) is 0.143. The number of hydrogen-bond donors (Lipinski definition) is 2. The Labute approximate surface area is 171 Å². The van der Waals surface area contributed by atoms with Crippen LogP contribution in [0.1, 0.15) is 18.1 Å². The van der Waals surface area contributed by atoms with Crippen LogP contribution in [0.4, 0.5) is 13.2 Å². The minimum atomic E-state index is -4.49. The zero-order chi connectivity index (χ0) is 22.1. The molecule has 9 heteroatoms. The summed E-state index contributed by atoms with van der Waals surface area (Å²) in [7, 11) is 1.40. The first kappa shape index (κ1) is 21.0. The molecule has 4 N–H and O–H groups in total. The van der Waals surface area contributed by atoms with Crippen molar-refractivity contribution in [3.63, 3.8) is 0 Å². The zero-order valence-electron chi connectivity index (χ0n) is 16.4. The maximum atomic E-state index is 13.1. The van der Waals surface area contributed by atoms with Crippen molar-refractivity contribution in [1.29, 1.82) is 0 Å². The molecule has 156 valence electrons. The van der Waals surface area contributed by atoms with E-state index in [-0.39, 0.29) is 23.0 Å². The topological polar surface area (TPSA) is 92.0 Å². The Morgan fingerprint density at radius 3 is 2.47 bits per heavy atom. The first-order valence-corrected chi connectivity index (χ1v) is 8.81. The average Bonchev–Trinajstić information content (AvgIpc) is 3.10. The van der Waals surface area contributed by atoms with Gasteiger partial charge >= 0.3 is 6.18 Å². The summed E-state index contributed by atoms with van der Waals surface area (Å²) >= 11 is 0. The average molecular weight is 415 g/mol. The quantitative estimate of drug-likeness (QED) is 0.477. The molecule has 0 aliphatic heterocycles. The lowest BCUT2D eigenvalue weighted by atomic mass is 10.1. The molecule has 0 atom stereocenters. The molecule has 30 heavy (non-hydrogen) atoms. The maximum absolute atomic E-state index is 13.1. The lowest BCUT2D eigenvalue weighted by Gasteiger charge is -2.10. The van der Waals surface area contributed by atoms with Crippen LogP contribution in [-0.2, 0) is 10.9 Å². The normalized spacial score (nSPS) is 13.0. The number of benzene rings is 1. The van der Waals surface area contributed by atoms with Crippen molar-refractivity contribution >= 4 is 22.4 Å². The minimum absolute atomic E-state index is 0.118. The zero-order valence-corrected chi connectivity index (χ0v) is 16.4. The van der Waals surface area contributed by atoms with E-state index < -0.39 is 11.7 Å². The lowest BCUT2D eigenvalue weighted by Crippen LogP contribution is -2.09. The Kier molecular flexibility index (Phi) is 5.55. The molecular formula is C21H20F3N5O. The summed E-state index contributed by atoms with van der Waals surface area (Å²) in [4.78, 5) is 8.75. The molecule has 0 aliphatic carbocycles. The Hall–Kier alpha value is -3.75. The number of alkyl halides is 3. The van der Waals surface area contributed by atoms with Crippen LogP contribution in [0.2, 0.25) is 0 Å². The van der Waals surface area contributed by atoms with E-state index in [2.05, 4.69) is 16.5 Å². The maximum Gasteiger partial charge on any atom is 0.416 e. The summed E-state index contributed by atoms with van der Waals surface area (Å²) < 4.78 is 45.8. The van der Waals surface area contributed by atoms with E-state index >= 15 is 0 Å². The van der Waals surface area contributed by atoms with Crippen molar-refractivity contribution in [2.45, 2.75) is 13.1 Å². The van der Waals surface area contributed by atoms with E-state index in [0.29, 0.717) is 11.2 Å². The van der Waals surface area contributed by atoms with Gasteiger partial charge in [-0.3, -0.25) is 9.55 Å². The number of halogens is 3. The van der Waals surface area contributed by atoms with E-state index in [4.69, 9.17) is 16.2 Å². The standard InChI is InChI=1S/C21H20F3N5O/c1-12(2)13-4-6-15(27-11-13)20-28-16-10-14(21(22,23)24)5-7-17(16)29(20)18(25)8-9-19(26)30-3/h4-11H,1,25-26H2,2-3H3/b18-8+,19-9+. The molecule has 0 bridgehead atoms. The minimum Gasteiger partial charge on any atom is -0.483 e. The van der Waals surface area contributed by atoms with Crippen LogP contribution in [0.5, 0.6) is 0 Å². The molecule has 2 heterocycles. The number of ether oxygens (including phenoxy) is 1.